The van der Waals surface area contributed by atoms with Gasteiger partial charge in [-0.05, 0) is 30.0 Å². The first-order valence-corrected chi connectivity index (χ1v) is 7.55. The number of likely N-dealkylation sites (N-methyl/N-ethyl adjacent to an activating group) is 1. The highest BCUT2D eigenvalue weighted by Gasteiger charge is 2.33. The first-order chi connectivity index (χ1) is 10.8. The number of nitrogens with zero attached hydrogens (tertiary/aromatic N) is 1. The molecule has 122 valence electrons. The van der Waals surface area contributed by atoms with E-state index in [0.29, 0.717) is 11.8 Å². The zero-order chi connectivity index (χ0) is 17.1. The van der Waals surface area contributed by atoms with Gasteiger partial charge in [0.25, 0.3) is 5.91 Å². The Kier molecular flexibility index (Phi) is 4.93. The van der Waals surface area contributed by atoms with Crippen LogP contribution in [0.4, 0.5) is 0 Å². The van der Waals surface area contributed by atoms with Gasteiger partial charge in [0, 0.05) is 19.0 Å². The molecule has 0 spiro atoms. The standard InChI is InChI=1S/C17H20N2O4/c1-10(2)11-4-5-13(12(8-11)9-20)17(23)19(3)14-6-7-15(21)18-16(14)22/h4-5,8-10,14H,6-7H2,1-3H3,(H,18,21,22). The van der Waals surface area contributed by atoms with E-state index in [4.69, 9.17) is 0 Å². The van der Waals surface area contributed by atoms with Crippen LogP contribution in [-0.4, -0.2) is 42.0 Å². The van der Waals surface area contributed by atoms with Gasteiger partial charge >= 0.3 is 0 Å². The molecule has 1 unspecified atom stereocenters. The van der Waals surface area contributed by atoms with Gasteiger partial charge in [-0.3, -0.25) is 24.5 Å². The first kappa shape index (κ1) is 16.9. The second-order valence-electron chi connectivity index (χ2n) is 6.00. The van der Waals surface area contributed by atoms with Crippen LogP contribution >= 0.6 is 0 Å². The van der Waals surface area contributed by atoms with Crippen molar-refractivity contribution in [3.8, 4) is 0 Å². The van der Waals surface area contributed by atoms with E-state index in [0.717, 1.165) is 5.56 Å². The molecule has 1 heterocycles. The van der Waals surface area contributed by atoms with Crippen molar-refractivity contribution in [1.29, 1.82) is 0 Å². The summed E-state index contributed by atoms with van der Waals surface area (Å²) in [4.78, 5) is 48.3. The summed E-state index contributed by atoms with van der Waals surface area (Å²) in [6, 6.07) is 4.42. The number of benzene rings is 1. The molecule has 1 saturated heterocycles. The van der Waals surface area contributed by atoms with Crippen LogP contribution in [0.3, 0.4) is 0 Å². The molecule has 1 atom stereocenters. The zero-order valence-electron chi connectivity index (χ0n) is 13.5. The van der Waals surface area contributed by atoms with Gasteiger partial charge in [-0.15, -0.1) is 0 Å². The maximum atomic E-state index is 12.6. The molecule has 1 aliphatic rings. The first-order valence-electron chi connectivity index (χ1n) is 7.55. The maximum Gasteiger partial charge on any atom is 0.255 e. The lowest BCUT2D eigenvalue weighted by Gasteiger charge is -2.30. The van der Waals surface area contributed by atoms with Gasteiger partial charge < -0.3 is 4.90 Å². The normalized spacial score (nSPS) is 17.8. The summed E-state index contributed by atoms with van der Waals surface area (Å²) in [7, 11) is 1.51. The van der Waals surface area contributed by atoms with Crippen LogP contribution in [0.1, 0.15) is 58.9 Å². The molecule has 1 aliphatic heterocycles. The minimum atomic E-state index is -0.704. The van der Waals surface area contributed by atoms with E-state index < -0.39 is 17.9 Å². The Morgan fingerprint density at radius 3 is 2.61 bits per heavy atom. The zero-order valence-corrected chi connectivity index (χ0v) is 13.5. The third-order valence-corrected chi connectivity index (χ3v) is 4.10. The van der Waals surface area contributed by atoms with Gasteiger partial charge in [0.15, 0.2) is 6.29 Å². The predicted octanol–water partition coefficient (Wildman–Crippen LogP) is 1.50. The number of amides is 3. The van der Waals surface area contributed by atoms with Crippen molar-refractivity contribution in [2.75, 3.05) is 7.05 Å². The van der Waals surface area contributed by atoms with Gasteiger partial charge in [-0.2, -0.15) is 0 Å². The van der Waals surface area contributed by atoms with Gasteiger partial charge in [0.05, 0.1) is 5.56 Å². The molecule has 0 saturated carbocycles. The molecular formula is C17H20N2O4. The fraction of sp³-hybridized carbons (Fsp3) is 0.412. The lowest BCUT2D eigenvalue weighted by Crippen LogP contribution is -2.53. The Balaban J connectivity index is 2.27. The van der Waals surface area contributed by atoms with Crippen LogP contribution in [0.2, 0.25) is 0 Å². The Labute approximate surface area is 134 Å². The van der Waals surface area contributed by atoms with Crippen molar-refractivity contribution in [2.24, 2.45) is 0 Å². The monoisotopic (exact) mass is 316 g/mol. The number of piperidine rings is 1. The van der Waals surface area contributed by atoms with E-state index in [-0.39, 0.29) is 30.2 Å². The van der Waals surface area contributed by atoms with Crippen molar-refractivity contribution in [2.45, 2.75) is 38.6 Å². The van der Waals surface area contributed by atoms with Gasteiger partial charge in [-0.1, -0.05) is 19.9 Å². The SMILES string of the molecule is CC(C)c1ccc(C(=O)N(C)C2CCC(=O)NC2=O)c(C=O)c1. The molecule has 0 radical (unpaired) electrons. The molecule has 0 aliphatic carbocycles. The van der Waals surface area contributed by atoms with Crippen LogP contribution < -0.4 is 5.32 Å². The topological polar surface area (TPSA) is 83.6 Å². The molecule has 6 nitrogen and oxygen atoms in total. The van der Waals surface area contributed by atoms with Crippen molar-refractivity contribution >= 4 is 24.0 Å². The van der Waals surface area contributed by atoms with Crippen LogP contribution in [0.25, 0.3) is 0 Å². The second kappa shape index (κ2) is 6.73. The molecule has 1 aromatic carbocycles. The summed E-state index contributed by atoms with van der Waals surface area (Å²) in [6.07, 6.45) is 1.13. The van der Waals surface area contributed by atoms with Crippen molar-refractivity contribution in [3.63, 3.8) is 0 Å². The third-order valence-electron chi connectivity index (χ3n) is 4.10. The summed E-state index contributed by atoms with van der Waals surface area (Å²) < 4.78 is 0. The lowest BCUT2D eigenvalue weighted by molar-refractivity contribution is -0.136. The number of nitrogens with one attached hydrogen (secondary N) is 1. The van der Waals surface area contributed by atoms with Crippen LogP contribution in [-0.2, 0) is 9.59 Å². The highest BCUT2D eigenvalue weighted by Crippen LogP contribution is 2.21. The van der Waals surface area contributed by atoms with Crippen LogP contribution in [0, 0.1) is 0 Å². The maximum absolute atomic E-state index is 12.6. The molecule has 2 rings (SSSR count). The van der Waals surface area contributed by atoms with E-state index in [1.54, 1.807) is 12.1 Å². The summed E-state index contributed by atoms with van der Waals surface area (Å²) >= 11 is 0. The third kappa shape index (κ3) is 3.47. The van der Waals surface area contributed by atoms with Crippen molar-refractivity contribution in [3.05, 3.63) is 34.9 Å². The van der Waals surface area contributed by atoms with E-state index in [1.165, 1.54) is 11.9 Å². The van der Waals surface area contributed by atoms with E-state index in [2.05, 4.69) is 5.32 Å². The summed E-state index contributed by atoms with van der Waals surface area (Å²) in [5.41, 5.74) is 1.53. The fourth-order valence-corrected chi connectivity index (χ4v) is 2.62. The molecule has 1 aromatic rings. The fourth-order valence-electron chi connectivity index (χ4n) is 2.62. The quantitative estimate of drug-likeness (QED) is 0.674. The predicted molar refractivity (Wildman–Crippen MR) is 84.2 cm³/mol. The van der Waals surface area contributed by atoms with Gasteiger partial charge in [0.1, 0.15) is 6.04 Å². The molecule has 6 heteroatoms. The average molecular weight is 316 g/mol. The number of carbonyl (C=O) groups is 4. The largest absolute Gasteiger partial charge is 0.330 e. The number of hydrogen-bond acceptors (Lipinski definition) is 4. The molecular weight excluding hydrogens is 296 g/mol. The summed E-state index contributed by atoms with van der Waals surface area (Å²) in [6.45, 7) is 4.00. The number of imide groups is 1. The van der Waals surface area contributed by atoms with E-state index in [1.807, 2.05) is 19.9 Å². The molecule has 1 N–H and O–H groups in total. The average Bonchev–Trinajstić information content (AvgIpc) is 2.52. The Hall–Kier alpha value is -2.50. The second-order valence-corrected chi connectivity index (χ2v) is 6.00. The van der Waals surface area contributed by atoms with Crippen molar-refractivity contribution in [1.82, 2.24) is 10.2 Å². The molecule has 0 aromatic heterocycles. The molecule has 3 amide bonds. The van der Waals surface area contributed by atoms with Crippen LogP contribution in [0.15, 0.2) is 18.2 Å². The molecule has 0 bridgehead atoms. The number of aldehydes is 1. The van der Waals surface area contributed by atoms with E-state index >= 15 is 0 Å². The minimum Gasteiger partial charge on any atom is -0.330 e. The minimum absolute atomic E-state index is 0.195. The molecule has 23 heavy (non-hydrogen) atoms. The Morgan fingerprint density at radius 1 is 1.35 bits per heavy atom. The van der Waals surface area contributed by atoms with Crippen LogP contribution in [0.5, 0.6) is 0 Å². The number of carbonyl (C=O) groups excluding carboxylic acids is 4. The van der Waals surface area contributed by atoms with Gasteiger partial charge in [0.2, 0.25) is 11.8 Å². The number of rotatable bonds is 4. The molecule has 1 fully saturated rings. The Bertz CT molecular complexity index is 667. The van der Waals surface area contributed by atoms with E-state index in [9.17, 15) is 19.2 Å². The number of hydrogen-bond donors (Lipinski definition) is 1. The van der Waals surface area contributed by atoms with Gasteiger partial charge in [-0.25, -0.2) is 0 Å². The highest BCUT2D eigenvalue weighted by atomic mass is 16.2. The lowest BCUT2D eigenvalue weighted by atomic mass is 9.96. The van der Waals surface area contributed by atoms with Crippen molar-refractivity contribution < 1.29 is 19.2 Å². The smallest absolute Gasteiger partial charge is 0.255 e. The Morgan fingerprint density at radius 2 is 2.04 bits per heavy atom. The highest BCUT2D eigenvalue weighted by molar-refractivity contribution is 6.06. The summed E-state index contributed by atoms with van der Waals surface area (Å²) in [5, 5.41) is 2.23. The summed E-state index contributed by atoms with van der Waals surface area (Å²) in [5.74, 6) is -0.979.